The minimum atomic E-state index is -0.478. The lowest BCUT2D eigenvalue weighted by molar-refractivity contribution is -0.955. The Bertz CT molecular complexity index is 961. The van der Waals surface area contributed by atoms with Crippen molar-refractivity contribution in [1.29, 1.82) is 0 Å². The third kappa shape index (κ3) is 1.71. The maximum atomic E-state index is 13.3. The second kappa shape index (κ2) is 5.67. The number of hydrogen-bond donors (Lipinski definition) is 0. The van der Waals surface area contributed by atoms with Crippen molar-refractivity contribution in [3.05, 3.63) is 29.8 Å². The summed E-state index contributed by atoms with van der Waals surface area (Å²) in [6.45, 7) is 7.60. The fraction of sp³-hybridized carbons (Fsp3) is 0.680. The molecule has 2 bridgehead atoms. The number of para-hydroxylation sites is 1. The summed E-state index contributed by atoms with van der Waals surface area (Å²) in [4.78, 5) is 28.7. The number of carbonyl (C=O) groups is 2. The Morgan fingerprint density at radius 2 is 1.97 bits per heavy atom. The zero-order valence-corrected chi connectivity index (χ0v) is 18.4. The zero-order valence-electron chi connectivity index (χ0n) is 18.4. The van der Waals surface area contributed by atoms with Gasteiger partial charge in [-0.05, 0) is 50.7 Å². The molecule has 1 aromatic carbocycles. The van der Waals surface area contributed by atoms with Crippen LogP contribution in [0.3, 0.4) is 0 Å². The number of quaternary nitrogens is 1. The molecule has 1 aromatic rings. The monoisotopic (exact) mass is 409 g/mol. The Morgan fingerprint density at radius 1 is 1.17 bits per heavy atom. The van der Waals surface area contributed by atoms with E-state index in [0.29, 0.717) is 6.04 Å². The molecule has 0 N–H and O–H groups in total. The minimum Gasteiger partial charge on any atom is -0.469 e. The number of esters is 1. The Balaban J connectivity index is 1.72. The molecule has 5 nitrogen and oxygen atoms in total. The van der Waals surface area contributed by atoms with Gasteiger partial charge in [0.15, 0.2) is 0 Å². The van der Waals surface area contributed by atoms with E-state index < -0.39 is 5.54 Å². The molecule has 160 valence electrons. The average molecular weight is 410 g/mol. The third-order valence-corrected chi connectivity index (χ3v) is 10.2. The van der Waals surface area contributed by atoms with Gasteiger partial charge in [0.1, 0.15) is 6.04 Å². The van der Waals surface area contributed by atoms with E-state index in [2.05, 4.69) is 30.0 Å². The highest BCUT2D eigenvalue weighted by Gasteiger charge is 2.85. The molecule has 5 fully saturated rings. The molecule has 0 radical (unpaired) electrons. The van der Waals surface area contributed by atoms with Crippen molar-refractivity contribution in [3.8, 4) is 0 Å². The van der Waals surface area contributed by atoms with E-state index >= 15 is 0 Å². The maximum absolute atomic E-state index is 13.3. The number of rotatable bonds is 2. The molecule has 5 heteroatoms. The van der Waals surface area contributed by atoms with Crippen LogP contribution in [0.2, 0.25) is 0 Å². The van der Waals surface area contributed by atoms with Gasteiger partial charge in [0.05, 0.1) is 43.6 Å². The first-order chi connectivity index (χ1) is 14.4. The van der Waals surface area contributed by atoms with Crippen LogP contribution in [0.1, 0.15) is 57.9 Å². The first kappa shape index (κ1) is 18.9. The van der Waals surface area contributed by atoms with Crippen molar-refractivity contribution in [2.24, 2.45) is 11.3 Å². The summed E-state index contributed by atoms with van der Waals surface area (Å²) in [5, 5.41) is 0. The molecule has 6 unspecified atom stereocenters. The molecule has 6 aliphatic rings. The molecular formula is C25H33N2O3+. The lowest BCUT2D eigenvalue weighted by Gasteiger charge is -2.70. The number of piperidine rings is 1. The Hall–Kier alpha value is -1.88. The van der Waals surface area contributed by atoms with Crippen LogP contribution in [0.5, 0.6) is 0 Å². The van der Waals surface area contributed by atoms with E-state index in [1.165, 1.54) is 43.1 Å². The van der Waals surface area contributed by atoms with Crippen LogP contribution < -0.4 is 4.90 Å². The Morgan fingerprint density at radius 3 is 2.70 bits per heavy atom. The second-order valence-electron chi connectivity index (χ2n) is 10.6. The minimum absolute atomic E-state index is 0.0694. The van der Waals surface area contributed by atoms with Gasteiger partial charge in [0.2, 0.25) is 5.91 Å². The van der Waals surface area contributed by atoms with E-state index in [1.807, 2.05) is 6.07 Å². The Labute approximate surface area is 179 Å². The summed E-state index contributed by atoms with van der Waals surface area (Å²) >= 11 is 0. The van der Waals surface area contributed by atoms with Crippen molar-refractivity contribution in [2.45, 2.75) is 69.4 Å². The number of anilines is 1. The number of amides is 1. The van der Waals surface area contributed by atoms with Gasteiger partial charge in [0, 0.05) is 24.4 Å². The topological polar surface area (TPSA) is 46.6 Å². The van der Waals surface area contributed by atoms with E-state index in [-0.39, 0.29) is 28.6 Å². The quantitative estimate of drug-likeness (QED) is 0.556. The summed E-state index contributed by atoms with van der Waals surface area (Å²) in [7, 11) is 1.52. The average Bonchev–Trinajstić information content (AvgIpc) is 3.26. The standard InChI is InChI=1S/C25H33N2O3/c1-4-27-14-7-10-23-11-12-25(19(16-23)21(29)30-3)24(13-15-27,22(23)27)18-8-5-6-9-20(18)26(25)17(2)28/h5-6,8-9,19,22H,4,7,10-16H2,1-3H3/q+1. The molecule has 0 aromatic heterocycles. The van der Waals surface area contributed by atoms with Gasteiger partial charge in [-0.15, -0.1) is 0 Å². The van der Waals surface area contributed by atoms with Crippen molar-refractivity contribution in [3.63, 3.8) is 0 Å². The van der Waals surface area contributed by atoms with Crippen LogP contribution in [0, 0.1) is 11.3 Å². The summed E-state index contributed by atoms with van der Waals surface area (Å²) in [6, 6.07) is 9.08. The van der Waals surface area contributed by atoms with E-state index in [1.54, 1.807) is 6.92 Å². The van der Waals surface area contributed by atoms with E-state index in [4.69, 9.17) is 4.74 Å². The van der Waals surface area contributed by atoms with E-state index in [0.717, 1.165) is 37.9 Å². The second-order valence-corrected chi connectivity index (χ2v) is 10.6. The normalized spacial score (nSPS) is 45.0. The Kier molecular flexibility index (Phi) is 3.56. The fourth-order valence-corrected chi connectivity index (χ4v) is 9.73. The van der Waals surface area contributed by atoms with Gasteiger partial charge < -0.3 is 14.1 Å². The van der Waals surface area contributed by atoms with Gasteiger partial charge in [-0.1, -0.05) is 18.2 Å². The summed E-state index contributed by atoms with van der Waals surface area (Å²) in [5.41, 5.74) is 1.96. The van der Waals surface area contributed by atoms with Crippen LogP contribution in [0.15, 0.2) is 24.3 Å². The highest BCUT2D eigenvalue weighted by atomic mass is 16.5. The largest absolute Gasteiger partial charge is 0.469 e. The van der Waals surface area contributed by atoms with Crippen LogP contribution in [-0.2, 0) is 19.7 Å². The molecule has 6 atom stereocenters. The predicted molar refractivity (Wildman–Crippen MR) is 114 cm³/mol. The van der Waals surface area contributed by atoms with Crippen LogP contribution in [-0.4, -0.2) is 54.7 Å². The van der Waals surface area contributed by atoms with Gasteiger partial charge in [-0.25, -0.2) is 0 Å². The van der Waals surface area contributed by atoms with Crippen molar-refractivity contribution in [1.82, 2.24) is 0 Å². The summed E-state index contributed by atoms with van der Waals surface area (Å²) < 4.78 is 6.60. The number of fused-ring (bicyclic) bond motifs is 3. The number of hydrogen-bond acceptors (Lipinski definition) is 3. The van der Waals surface area contributed by atoms with Crippen molar-refractivity contribution in [2.75, 3.05) is 31.6 Å². The summed E-state index contributed by atoms with van der Waals surface area (Å²) in [6.07, 6.45) is 6.46. The molecule has 3 saturated carbocycles. The molecule has 3 aliphatic carbocycles. The molecule has 7 rings (SSSR count). The van der Waals surface area contributed by atoms with Crippen molar-refractivity contribution >= 4 is 17.6 Å². The van der Waals surface area contributed by atoms with Crippen LogP contribution >= 0.6 is 0 Å². The SMILES string of the molecule is CC[N+]12CCCC34CCC5(C(C(=O)OC)C3)N(C(C)=O)c3ccccc3C5(CC1)C42. The van der Waals surface area contributed by atoms with E-state index in [9.17, 15) is 9.59 Å². The highest BCUT2D eigenvalue weighted by molar-refractivity contribution is 5.99. The maximum Gasteiger partial charge on any atom is 0.311 e. The van der Waals surface area contributed by atoms with Gasteiger partial charge in [-0.3, -0.25) is 9.59 Å². The molecule has 3 heterocycles. The number of benzene rings is 1. The van der Waals surface area contributed by atoms with Crippen LogP contribution in [0.25, 0.3) is 0 Å². The predicted octanol–water partition coefficient (Wildman–Crippen LogP) is 3.41. The molecule has 30 heavy (non-hydrogen) atoms. The fourth-order valence-electron chi connectivity index (χ4n) is 9.73. The molecular weight excluding hydrogens is 376 g/mol. The van der Waals surface area contributed by atoms with Gasteiger partial charge >= 0.3 is 5.97 Å². The first-order valence-corrected chi connectivity index (χ1v) is 11.8. The number of nitrogens with zero attached hydrogens (tertiary/aromatic N) is 2. The lowest BCUT2D eigenvalue weighted by atomic mass is 9.38. The number of carbonyl (C=O) groups excluding carboxylic acids is 2. The smallest absolute Gasteiger partial charge is 0.311 e. The number of ether oxygens (including phenoxy) is 1. The van der Waals surface area contributed by atoms with Gasteiger partial charge in [0.25, 0.3) is 0 Å². The first-order valence-electron chi connectivity index (χ1n) is 11.8. The van der Waals surface area contributed by atoms with Crippen LogP contribution in [0.4, 0.5) is 5.69 Å². The third-order valence-electron chi connectivity index (χ3n) is 10.2. The zero-order chi connectivity index (χ0) is 20.9. The molecule has 1 amide bonds. The molecule has 3 spiro atoms. The molecule has 3 aliphatic heterocycles. The number of likely N-dealkylation sites (N-methyl/N-ethyl adjacent to an activating group) is 1. The number of methoxy groups -OCH3 is 1. The lowest BCUT2D eigenvalue weighted by Crippen LogP contribution is -2.82. The molecule has 2 saturated heterocycles. The van der Waals surface area contributed by atoms with Crippen molar-refractivity contribution < 1.29 is 18.8 Å². The highest BCUT2D eigenvalue weighted by Crippen LogP contribution is 2.77. The van der Waals surface area contributed by atoms with Gasteiger partial charge in [-0.2, -0.15) is 0 Å². The summed E-state index contributed by atoms with van der Waals surface area (Å²) in [5.74, 6) is -0.281.